The lowest BCUT2D eigenvalue weighted by Gasteiger charge is -2.10. The van der Waals surface area contributed by atoms with Crippen LogP contribution in [0.1, 0.15) is 6.92 Å². The van der Waals surface area contributed by atoms with Crippen LogP contribution < -0.4 is 14.8 Å². The number of methoxy groups -OCH3 is 2. The Hall–Kier alpha value is -2.90. The molecular weight excluding hydrogens is 284 g/mol. The van der Waals surface area contributed by atoms with Crippen LogP contribution in [0, 0.1) is 0 Å². The molecule has 0 bridgehead atoms. The Labute approximate surface area is 127 Å². The molecule has 0 saturated carbocycles. The molecule has 2 aromatic heterocycles. The van der Waals surface area contributed by atoms with Gasteiger partial charge in [0.2, 0.25) is 0 Å². The fraction of sp³-hybridized carbons (Fsp3) is 0.286. The molecule has 0 atom stereocenters. The first-order valence-electron chi connectivity index (χ1n) is 6.80. The van der Waals surface area contributed by atoms with Gasteiger partial charge in [0.1, 0.15) is 6.33 Å². The Kier molecular flexibility index (Phi) is 3.73. The Balaban J connectivity index is 1.98. The van der Waals surface area contributed by atoms with E-state index in [1.165, 1.54) is 6.33 Å². The van der Waals surface area contributed by atoms with E-state index in [1.54, 1.807) is 18.9 Å². The zero-order valence-electron chi connectivity index (χ0n) is 12.6. The van der Waals surface area contributed by atoms with Crippen LogP contribution in [0.5, 0.6) is 11.5 Å². The summed E-state index contributed by atoms with van der Waals surface area (Å²) < 4.78 is 12.2. The zero-order chi connectivity index (χ0) is 15.5. The molecule has 0 fully saturated rings. The molecule has 3 rings (SSSR count). The van der Waals surface area contributed by atoms with Crippen LogP contribution in [-0.4, -0.2) is 39.2 Å². The van der Waals surface area contributed by atoms with E-state index in [0.717, 1.165) is 5.69 Å². The van der Waals surface area contributed by atoms with Gasteiger partial charge < -0.3 is 14.8 Å². The lowest BCUT2D eigenvalue weighted by atomic mass is 10.2. The number of aromatic nitrogens is 5. The highest BCUT2D eigenvalue weighted by molar-refractivity contribution is 5.84. The second-order valence-electron chi connectivity index (χ2n) is 4.49. The van der Waals surface area contributed by atoms with Crippen LogP contribution in [0.4, 0.5) is 11.5 Å². The van der Waals surface area contributed by atoms with Crippen molar-refractivity contribution in [1.82, 2.24) is 25.0 Å². The van der Waals surface area contributed by atoms with Crippen molar-refractivity contribution in [2.24, 2.45) is 0 Å². The predicted octanol–water partition coefficient (Wildman–Crippen LogP) is 2.00. The minimum absolute atomic E-state index is 0.594. The highest BCUT2D eigenvalue weighted by atomic mass is 16.5. The third-order valence-corrected chi connectivity index (χ3v) is 3.25. The molecule has 0 amide bonds. The van der Waals surface area contributed by atoms with Crippen molar-refractivity contribution in [2.75, 3.05) is 19.5 Å². The number of nitrogens with zero attached hydrogens (tertiary/aromatic N) is 5. The minimum atomic E-state index is 0.594. The van der Waals surface area contributed by atoms with E-state index < -0.39 is 0 Å². The molecule has 0 aliphatic heterocycles. The third kappa shape index (κ3) is 2.39. The maximum Gasteiger partial charge on any atom is 0.183 e. The Morgan fingerprint density at radius 2 is 1.95 bits per heavy atom. The molecule has 0 saturated heterocycles. The van der Waals surface area contributed by atoms with Gasteiger partial charge in [-0.25, -0.2) is 14.6 Å². The summed E-state index contributed by atoms with van der Waals surface area (Å²) in [4.78, 5) is 8.46. The molecule has 3 aromatic rings. The van der Waals surface area contributed by atoms with Gasteiger partial charge in [-0.1, -0.05) is 5.21 Å². The predicted molar refractivity (Wildman–Crippen MR) is 81.6 cm³/mol. The lowest BCUT2D eigenvalue weighted by molar-refractivity contribution is 0.355. The first-order chi connectivity index (χ1) is 10.8. The van der Waals surface area contributed by atoms with Crippen LogP contribution in [-0.2, 0) is 6.54 Å². The molecule has 0 unspecified atom stereocenters. The Bertz CT molecular complexity index is 801. The molecule has 8 nitrogen and oxygen atoms in total. The minimum Gasteiger partial charge on any atom is -0.493 e. The molecule has 1 N–H and O–H groups in total. The number of aryl methyl sites for hydroxylation is 1. The Morgan fingerprint density at radius 3 is 2.68 bits per heavy atom. The van der Waals surface area contributed by atoms with Gasteiger partial charge in [-0.05, 0) is 19.1 Å². The molecule has 0 aliphatic carbocycles. The van der Waals surface area contributed by atoms with E-state index in [2.05, 4.69) is 25.6 Å². The standard InChI is InChI=1S/C14H16N6O2/c1-4-20-14-12(18-19-20)13(15-8-16-14)17-9-5-6-10(21-2)11(7-9)22-3/h5-8H,4H2,1-3H3,(H,15,16,17). The summed E-state index contributed by atoms with van der Waals surface area (Å²) in [5.74, 6) is 1.89. The highest BCUT2D eigenvalue weighted by Crippen LogP contribution is 2.31. The normalized spacial score (nSPS) is 10.7. The lowest BCUT2D eigenvalue weighted by Crippen LogP contribution is -2.00. The van der Waals surface area contributed by atoms with Gasteiger partial charge in [0, 0.05) is 18.3 Å². The number of anilines is 2. The SMILES string of the molecule is CCn1nnc2c(Nc3ccc(OC)c(OC)c3)ncnc21. The van der Waals surface area contributed by atoms with Crippen molar-refractivity contribution < 1.29 is 9.47 Å². The van der Waals surface area contributed by atoms with Gasteiger partial charge >= 0.3 is 0 Å². The number of nitrogens with one attached hydrogen (secondary N) is 1. The summed E-state index contributed by atoms with van der Waals surface area (Å²) in [5, 5.41) is 11.4. The third-order valence-electron chi connectivity index (χ3n) is 3.25. The number of hydrogen-bond donors (Lipinski definition) is 1. The van der Waals surface area contributed by atoms with Crippen LogP contribution in [0.3, 0.4) is 0 Å². The van der Waals surface area contributed by atoms with Crippen molar-refractivity contribution in [3.05, 3.63) is 24.5 Å². The first-order valence-corrected chi connectivity index (χ1v) is 6.80. The van der Waals surface area contributed by atoms with Crippen molar-refractivity contribution in [3.8, 4) is 11.5 Å². The second-order valence-corrected chi connectivity index (χ2v) is 4.49. The van der Waals surface area contributed by atoms with Crippen LogP contribution in [0.25, 0.3) is 11.2 Å². The van der Waals surface area contributed by atoms with Crippen molar-refractivity contribution in [1.29, 1.82) is 0 Å². The van der Waals surface area contributed by atoms with Crippen LogP contribution in [0.15, 0.2) is 24.5 Å². The van der Waals surface area contributed by atoms with Crippen molar-refractivity contribution in [2.45, 2.75) is 13.5 Å². The molecule has 8 heteroatoms. The zero-order valence-corrected chi connectivity index (χ0v) is 12.6. The van der Waals surface area contributed by atoms with Gasteiger partial charge in [-0.15, -0.1) is 5.10 Å². The highest BCUT2D eigenvalue weighted by Gasteiger charge is 2.12. The van der Waals surface area contributed by atoms with Crippen molar-refractivity contribution in [3.63, 3.8) is 0 Å². The first kappa shape index (κ1) is 14.1. The summed E-state index contributed by atoms with van der Waals surface area (Å²) >= 11 is 0. The van der Waals surface area contributed by atoms with Gasteiger partial charge in [-0.3, -0.25) is 0 Å². The van der Waals surface area contributed by atoms with E-state index in [9.17, 15) is 0 Å². The second kappa shape index (κ2) is 5.84. The topological polar surface area (TPSA) is 87.0 Å². The molecule has 1 aromatic carbocycles. The molecule has 0 aliphatic rings. The number of benzene rings is 1. The van der Waals surface area contributed by atoms with Gasteiger partial charge in [0.05, 0.1) is 14.2 Å². The number of ether oxygens (including phenoxy) is 2. The fourth-order valence-corrected chi connectivity index (χ4v) is 2.15. The van der Waals surface area contributed by atoms with Crippen LogP contribution in [0.2, 0.25) is 0 Å². The van der Waals surface area contributed by atoms with E-state index in [-0.39, 0.29) is 0 Å². The van der Waals surface area contributed by atoms with Crippen LogP contribution >= 0.6 is 0 Å². The molecule has 2 heterocycles. The molecule has 22 heavy (non-hydrogen) atoms. The summed E-state index contributed by atoms with van der Waals surface area (Å²) in [5.41, 5.74) is 2.13. The molecule has 0 spiro atoms. The fourth-order valence-electron chi connectivity index (χ4n) is 2.15. The van der Waals surface area contributed by atoms with Crippen molar-refractivity contribution >= 4 is 22.7 Å². The largest absolute Gasteiger partial charge is 0.493 e. The maximum atomic E-state index is 5.29. The molecular formula is C14H16N6O2. The summed E-state index contributed by atoms with van der Waals surface area (Å²) in [6.45, 7) is 2.68. The monoisotopic (exact) mass is 300 g/mol. The van der Waals surface area contributed by atoms with E-state index in [0.29, 0.717) is 35.0 Å². The van der Waals surface area contributed by atoms with E-state index in [4.69, 9.17) is 9.47 Å². The summed E-state index contributed by atoms with van der Waals surface area (Å²) in [7, 11) is 3.19. The average molecular weight is 300 g/mol. The van der Waals surface area contributed by atoms with E-state index >= 15 is 0 Å². The Morgan fingerprint density at radius 1 is 1.14 bits per heavy atom. The van der Waals surface area contributed by atoms with Gasteiger partial charge in [-0.2, -0.15) is 0 Å². The van der Waals surface area contributed by atoms with E-state index in [1.807, 2.05) is 25.1 Å². The van der Waals surface area contributed by atoms with Gasteiger partial charge in [0.25, 0.3) is 0 Å². The van der Waals surface area contributed by atoms with Gasteiger partial charge in [0.15, 0.2) is 28.5 Å². The smallest absolute Gasteiger partial charge is 0.183 e. The quantitative estimate of drug-likeness (QED) is 0.771. The maximum absolute atomic E-state index is 5.29. The average Bonchev–Trinajstić information content (AvgIpc) is 2.99. The number of hydrogen-bond acceptors (Lipinski definition) is 7. The number of fused-ring (bicyclic) bond motifs is 1. The summed E-state index contributed by atoms with van der Waals surface area (Å²) in [6.07, 6.45) is 1.49. The number of rotatable bonds is 5. The molecule has 0 radical (unpaired) electrons. The summed E-state index contributed by atoms with van der Waals surface area (Å²) in [6, 6.07) is 5.53. The molecule has 114 valence electrons.